The molecule has 0 aliphatic carbocycles. The van der Waals surface area contributed by atoms with E-state index in [2.05, 4.69) is 21.2 Å². The SMILES string of the molecule is COc1cc(/C=C2/SC(=O)N(CC(=O)Nc3cccc(F)c3)C2=O)c(Br)cc1OCc1cccc2ccccc12. The smallest absolute Gasteiger partial charge is 0.294 e. The number of amides is 3. The molecule has 40 heavy (non-hydrogen) atoms. The van der Waals surface area contributed by atoms with Crippen LogP contribution in [0.25, 0.3) is 16.8 Å². The molecule has 1 aliphatic heterocycles. The van der Waals surface area contributed by atoms with Gasteiger partial charge in [0, 0.05) is 10.2 Å². The van der Waals surface area contributed by atoms with E-state index in [9.17, 15) is 18.8 Å². The van der Waals surface area contributed by atoms with Crippen molar-refractivity contribution < 1.29 is 28.2 Å². The number of carbonyl (C=O) groups is 3. The summed E-state index contributed by atoms with van der Waals surface area (Å²) in [4.78, 5) is 38.9. The number of carbonyl (C=O) groups excluding carboxylic acids is 3. The van der Waals surface area contributed by atoms with Crippen molar-refractivity contribution in [1.82, 2.24) is 4.90 Å². The van der Waals surface area contributed by atoms with E-state index in [1.54, 1.807) is 18.2 Å². The lowest BCUT2D eigenvalue weighted by atomic mass is 10.1. The molecule has 1 saturated heterocycles. The molecule has 1 aliphatic rings. The molecule has 7 nitrogen and oxygen atoms in total. The number of imide groups is 1. The molecule has 0 bridgehead atoms. The van der Waals surface area contributed by atoms with Gasteiger partial charge in [0.2, 0.25) is 5.91 Å². The van der Waals surface area contributed by atoms with Gasteiger partial charge in [0.1, 0.15) is 19.0 Å². The van der Waals surface area contributed by atoms with Crippen molar-refractivity contribution in [3.63, 3.8) is 0 Å². The van der Waals surface area contributed by atoms with Crippen LogP contribution in [0.15, 0.2) is 88.2 Å². The van der Waals surface area contributed by atoms with Crippen LogP contribution in [0.2, 0.25) is 0 Å². The van der Waals surface area contributed by atoms with Gasteiger partial charge in [0.15, 0.2) is 11.5 Å². The third-order valence-electron chi connectivity index (χ3n) is 6.12. The van der Waals surface area contributed by atoms with Gasteiger partial charge in [0.05, 0.1) is 12.0 Å². The van der Waals surface area contributed by atoms with Crippen LogP contribution >= 0.6 is 27.7 Å². The first kappa shape index (κ1) is 27.4. The highest BCUT2D eigenvalue weighted by atomic mass is 79.9. The van der Waals surface area contributed by atoms with Crippen molar-refractivity contribution in [3.05, 3.63) is 105 Å². The Bertz CT molecular complexity index is 1670. The van der Waals surface area contributed by atoms with Crippen molar-refractivity contribution in [2.75, 3.05) is 19.0 Å². The van der Waals surface area contributed by atoms with Crippen LogP contribution in [0.3, 0.4) is 0 Å². The number of hydrogen-bond donors (Lipinski definition) is 1. The summed E-state index contributed by atoms with van der Waals surface area (Å²) in [6.45, 7) is -0.177. The number of methoxy groups -OCH3 is 1. The van der Waals surface area contributed by atoms with Crippen molar-refractivity contribution in [2.24, 2.45) is 0 Å². The zero-order valence-electron chi connectivity index (χ0n) is 21.1. The van der Waals surface area contributed by atoms with Crippen molar-refractivity contribution >= 4 is 67.3 Å². The van der Waals surface area contributed by atoms with Crippen LogP contribution in [0, 0.1) is 5.82 Å². The molecule has 0 saturated carbocycles. The first-order valence-corrected chi connectivity index (χ1v) is 13.7. The van der Waals surface area contributed by atoms with Crippen LogP contribution in [-0.2, 0) is 16.2 Å². The molecule has 0 unspecified atom stereocenters. The van der Waals surface area contributed by atoms with E-state index in [1.165, 1.54) is 25.3 Å². The van der Waals surface area contributed by atoms with E-state index in [-0.39, 0.29) is 10.6 Å². The van der Waals surface area contributed by atoms with Crippen LogP contribution in [0.5, 0.6) is 11.5 Å². The fourth-order valence-electron chi connectivity index (χ4n) is 4.20. The molecule has 10 heteroatoms. The van der Waals surface area contributed by atoms with E-state index >= 15 is 0 Å². The lowest BCUT2D eigenvalue weighted by Crippen LogP contribution is -2.36. The Balaban J connectivity index is 1.31. The van der Waals surface area contributed by atoms with E-state index in [1.807, 2.05) is 42.5 Å². The number of ether oxygens (including phenoxy) is 2. The number of hydrogen-bond acceptors (Lipinski definition) is 6. The number of nitrogens with one attached hydrogen (secondary N) is 1. The molecule has 1 fully saturated rings. The van der Waals surface area contributed by atoms with E-state index in [0.29, 0.717) is 28.1 Å². The standard InChI is InChI=1S/C30H22BrFN2O5S/c1-38-25-12-20(24(31)15-26(25)39-17-19-8-4-7-18-6-2-3-11-23(18)19)13-27-29(36)34(30(37)40-27)16-28(35)33-22-10-5-9-21(32)14-22/h2-15H,16-17H2,1H3,(H,33,35)/b27-13+. The number of rotatable bonds is 8. The van der Waals surface area contributed by atoms with Crippen molar-refractivity contribution in [3.8, 4) is 11.5 Å². The largest absolute Gasteiger partial charge is 0.493 e. The molecular formula is C30H22BrFN2O5S. The van der Waals surface area contributed by atoms with Gasteiger partial charge < -0.3 is 14.8 Å². The molecule has 5 rings (SSSR count). The zero-order valence-corrected chi connectivity index (χ0v) is 23.6. The molecule has 3 amide bonds. The number of thioether (sulfide) groups is 1. The number of halogens is 2. The maximum absolute atomic E-state index is 13.4. The molecular weight excluding hydrogens is 599 g/mol. The Hall–Kier alpha value is -4.15. The average molecular weight is 621 g/mol. The zero-order chi connectivity index (χ0) is 28.2. The maximum atomic E-state index is 13.4. The van der Waals surface area contributed by atoms with Gasteiger partial charge in [-0.25, -0.2) is 4.39 Å². The summed E-state index contributed by atoms with van der Waals surface area (Å²) >= 11 is 4.25. The van der Waals surface area contributed by atoms with Crippen LogP contribution in [0.4, 0.5) is 14.9 Å². The third kappa shape index (κ3) is 6.03. The molecule has 4 aromatic rings. The number of benzene rings is 4. The Morgan fingerprint density at radius 2 is 1.80 bits per heavy atom. The molecule has 0 radical (unpaired) electrons. The van der Waals surface area contributed by atoms with Gasteiger partial charge >= 0.3 is 0 Å². The molecule has 1 heterocycles. The van der Waals surface area contributed by atoms with Gasteiger partial charge in [-0.05, 0) is 70.1 Å². The minimum Gasteiger partial charge on any atom is -0.493 e. The van der Waals surface area contributed by atoms with Crippen molar-refractivity contribution in [2.45, 2.75) is 6.61 Å². The molecule has 4 aromatic carbocycles. The number of fused-ring (bicyclic) bond motifs is 1. The van der Waals surface area contributed by atoms with Gasteiger partial charge in [-0.3, -0.25) is 19.3 Å². The predicted octanol–water partition coefficient (Wildman–Crippen LogP) is 7.00. The highest BCUT2D eigenvalue weighted by Gasteiger charge is 2.36. The normalized spacial score (nSPS) is 14.2. The average Bonchev–Trinajstić information content (AvgIpc) is 3.20. The number of anilines is 1. The maximum Gasteiger partial charge on any atom is 0.294 e. The second kappa shape index (κ2) is 11.9. The summed E-state index contributed by atoms with van der Waals surface area (Å²) in [5, 5.41) is 4.12. The molecule has 0 aromatic heterocycles. The second-order valence-electron chi connectivity index (χ2n) is 8.78. The van der Waals surface area contributed by atoms with Crippen molar-refractivity contribution in [1.29, 1.82) is 0 Å². The molecule has 1 N–H and O–H groups in total. The minimum absolute atomic E-state index is 0.149. The first-order valence-electron chi connectivity index (χ1n) is 12.1. The van der Waals surface area contributed by atoms with Crippen LogP contribution in [-0.4, -0.2) is 35.6 Å². The summed E-state index contributed by atoms with van der Waals surface area (Å²) in [5.41, 5.74) is 1.84. The molecule has 0 spiro atoms. The minimum atomic E-state index is -0.621. The van der Waals surface area contributed by atoms with Crippen LogP contribution in [0.1, 0.15) is 11.1 Å². The Kier molecular flexibility index (Phi) is 8.18. The second-order valence-corrected chi connectivity index (χ2v) is 10.6. The lowest BCUT2D eigenvalue weighted by molar-refractivity contribution is -0.127. The summed E-state index contributed by atoms with van der Waals surface area (Å²) in [7, 11) is 1.52. The van der Waals surface area contributed by atoms with E-state index in [0.717, 1.165) is 39.1 Å². The topological polar surface area (TPSA) is 84.9 Å². The molecule has 0 atom stereocenters. The summed E-state index contributed by atoms with van der Waals surface area (Å²) in [5.74, 6) is -0.793. The van der Waals surface area contributed by atoms with E-state index < -0.39 is 29.4 Å². The third-order valence-corrected chi connectivity index (χ3v) is 7.71. The summed E-state index contributed by atoms with van der Waals surface area (Å²) < 4.78 is 25.7. The Morgan fingerprint density at radius 3 is 2.60 bits per heavy atom. The fraction of sp³-hybridized carbons (Fsp3) is 0.100. The lowest BCUT2D eigenvalue weighted by Gasteiger charge is -2.14. The Labute approximate surface area is 242 Å². The van der Waals surface area contributed by atoms with Crippen LogP contribution < -0.4 is 14.8 Å². The van der Waals surface area contributed by atoms with Gasteiger partial charge in [-0.15, -0.1) is 0 Å². The van der Waals surface area contributed by atoms with Gasteiger partial charge in [-0.2, -0.15) is 0 Å². The monoisotopic (exact) mass is 620 g/mol. The number of nitrogens with zero attached hydrogens (tertiary/aromatic N) is 1. The highest BCUT2D eigenvalue weighted by molar-refractivity contribution is 9.10. The van der Waals surface area contributed by atoms with Gasteiger partial charge in [0.25, 0.3) is 11.1 Å². The quantitative estimate of drug-likeness (QED) is 0.213. The first-order chi connectivity index (χ1) is 19.3. The highest BCUT2D eigenvalue weighted by Crippen LogP contribution is 2.38. The predicted molar refractivity (Wildman–Crippen MR) is 157 cm³/mol. The summed E-state index contributed by atoms with van der Waals surface area (Å²) in [6, 6.07) is 22.9. The fourth-order valence-corrected chi connectivity index (χ4v) is 5.46. The summed E-state index contributed by atoms with van der Waals surface area (Å²) in [6.07, 6.45) is 1.55. The molecule has 202 valence electrons. The Morgan fingerprint density at radius 1 is 1.02 bits per heavy atom. The van der Waals surface area contributed by atoms with Gasteiger partial charge in [-0.1, -0.05) is 64.5 Å². The van der Waals surface area contributed by atoms with E-state index in [4.69, 9.17) is 9.47 Å².